The standard InChI is InChI=1S/C22H38N4O2.HI/c1-7-26-12-9-18(10-13-26)8-11-24-22(23-3)25(4)16-19-15-21(28-6)20(27-5)14-17(19)2;/h14-15,18H,7-13,16H2,1-6H3,(H,23,24);1H. The van der Waals surface area contributed by atoms with E-state index in [1.54, 1.807) is 14.2 Å². The number of piperidine rings is 1. The molecule has 0 saturated carbocycles. The summed E-state index contributed by atoms with van der Waals surface area (Å²) in [6.45, 7) is 9.76. The fourth-order valence-corrected chi connectivity index (χ4v) is 3.89. The van der Waals surface area contributed by atoms with E-state index in [4.69, 9.17) is 9.47 Å². The number of ether oxygens (including phenoxy) is 2. The summed E-state index contributed by atoms with van der Waals surface area (Å²) in [6, 6.07) is 4.08. The van der Waals surface area contributed by atoms with Crippen LogP contribution in [0.1, 0.15) is 37.3 Å². The Morgan fingerprint density at radius 2 is 1.83 bits per heavy atom. The predicted octanol–water partition coefficient (Wildman–Crippen LogP) is 3.76. The molecule has 2 rings (SSSR count). The molecule has 0 amide bonds. The molecule has 1 N–H and O–H groups in total. The molecule has 0 aliphatic carbocycles. The van der Waals surface area contributed by atoms with Gasteiger partial charge in [0.1, 0.15) is 0 Å². The number of guanidine groups is 1. The lowest BCUT2D eigenvalue weighted by Gasteiger charge is -2.31. The number of rotatable bonds is 8. The van der Waals surface area contributed by atoms with Gasteiger partial charge in [-0.1, -0.05) is 6.92 Å². The highest BCUT2D eigenvalue weighted by Crippen LogP contribution is 2.30. The molecule has 0 atom stereocenters. The number of benzene rings is 1. The maximum atomic E-state index is 5.46. The number of nitrogens with one attached hydrogen (secondary N) is 1. The molecule has 1 heterocycles. The van der Waals surface area contributed by atoms with E-state index in [0.29, 0.717) is 0 Å². The first-order chi connectivity index (χ1) is 13.5. The number of likely N-dealkylation sites (tertiary alicyclic amines) is 1. The maximum absolute atomic E-state index is 5.46. The van der Waals surface area contributed by atoms with Crippen LogP contribution in [0, 0.1) is 12.8 Å². The fraction of sp³-hybridized carbons (Fsp3) is 0.682. The second-order valence-corrected chi connectivity index (χ2v) is 7.63. The van der Waals surface area contributed by atoms with Gasteiger partial charge in [-0.3, -0.25) is 4.99 Å². The lowest BCUT2D eigenvalue weighted by Crippen LogP contribution is -2.40. The van der Waals surface area contributed by atoms with Crippen LogP contribution in [0.15, 0.2) is 17.1 Å². The molecule has 0 bridgehead atoms. The second-order valence-electron chi connectivity index (χ2n) is 7.63. The van der Waals surface area contributed by atoms with E-state index in [1.807, 2.05) is 13.1 Å². The number of methoxy groups -OCH3 is 2. The molecule has 0 aromatic heterocycles. The summed E-state index contributed by atoms with van der Waals surface area (Å²) in [4.78, 5) is 9.17. The molecule has 1 fully saturated rings. The molecule has 0 radical (unpaired) electrons. The Kier molecular flexibility index (Phi) is 11.7. The van der Waals surface area contributed by atoms with E-state index >= 15 is 0 Å². The zero-order valence-corrected chi connectivity index (χ0v) is 21.3. The van der Waals surface area contributed by atoms with E-state index in [0.717, 1.165) is 36.5 Å². The molecular weight excluding hydrogens is 479 g/mol. The third-order valence-corrected chi connectivity index (χ3v) is 5.81. The summed E-state index contributed by atoms with van der Waals surface area (Å²) in [5.41, 5.74) is 2.39. The number of aryl methyl sites for hydroxylation is 1. The number of halogens is 1. The Hall–Kier alpha value is -1.22. The van der Waals surface area contributed by atoms with Crippen molar-refractivity contribution in [3.8, 4) is 11.5 Å². The van der Waals surface area contributed by atoms with Crippen LogP contribution in [0.5, 0.6) is 11.5 Å². The Balaban J connectivity index is 0.00000420. The lowest BCUT2D eigenvalue weighted by atomic mass is 9.93. The quantitative estimate of drug-likeness (QED) is 0.323. The van der Waals surface area contributed by atoms with Crippen LogP contribution in [-0.2, 0) is 6.54 Å². The molecule has 166 valence electrons. The van der Waals surface area contributed by atoms with Crippen molar-refractivity contribution in [2.45, 2.75) is 39.7 Å². The summed E-state index contributed by atoms with van der Waals surface area (Å²) in [7, 11) is 7.26. The van der Waals surface area contributed by atoms with Gasteiger partial charge in [-0.25, -0.2) is 0 Å². The van der Waals surface area contributed by atoms with Gasteiger partial charge < -0.3 is 24.6 Å². The predicted molar refractivity (Wildman–Crippen MR) is 132 cm³/mol. The van der Waals surface area contributed by atoms with E-state index in [-0.39, 0.29) is 24.0 Å². The summed E-state index contributed by atoms with van der Waals surface area (Å²) in [6.07, 6.45) is 3.84. The summed E-state index contributed by atoms with van der Waals surface area (Å²) in [5, 5.41) is 3.54. The fourth-order valence-electron chi connectivity index (χ4n) is 3.89. The molecule has 6 nitrogen and oxygen atoms in total. The SMILES string of the molecule is CCN1CCC(CCNC(=NC)N(C)Cc2cc(OC)c(OC)cc2C)CC1.I. The Morgan fingerprint density at radius 1 is 1.21 bits per heavy atom. The molecule has 1 aliphatic rings. The highest BCUT2D eigenvalue weighted by atomic mass is 127. The first kappa shape index (κ1) is 25.8. The van der Waals surface area contributed by atoms with E-state index in [2.05, 4.69) is 47.1 Å². The van der Waals surface area contributed by atoms with Crippen molar-refractivity contribution < 1.29 is 9.47 Å². The molecule has 29 heavy (non-hydrogen) atoms. The van der Waals surface area contributed by atoms with Gasteiger partial charge in [0.25, 0.3) is 0 Å². The van der Waals surface area contributed by atoms with Crippen molar-refractivity contribution in [1.29, 1.82) is 0 Å². The second kappa shape index (κ2) is 13.2. The van der Waals surface area contributed by atoms with E-state index in [9.17, 15) is 0 Å². The van der Waals surface area contributed by atoms with Crippen LogP contribution in [-0.4, -0.2) is 70.3 Å². The summed E-state index contributed by atoms with van der Waals surface area (Å²) in [5.74, 6) is 3.29. The summed E-state index contributed by atoms with van der Waals surface area (Å²) < 4.78 is 10.8. The average Bonchev–Trinajstić information content (AvgIpc) is 2.72. The van der Waals surface area contributed by atoms with Crippen molar-refractivity contribution in [2.24, 2.45) is 10.9 Å². The smallest absolute Gasteiger partial charge is 0.193 e. The van der Waals surface area contributed by atoms with E-state index in [1.165, 1.54) is 50.0 Å². The molecule has 0 spiro atoms. The minimum atomic E-state index is 0. The molecule has 1 aromatic carbocycles. The third-order valence-electron chi connectivity index (χ3n) is 5.81. The van der Waals surface area contributed by atoms with Gasteiger partial charge in [0.2, 0.25) is 0 Å². The monoisotopic (exact) mass is 518 g/mol. The number of hydrogen-bond acceptors (Lipinski definition) is 4. The maximum Gasteiger partial charge on any atom is 0.193 e. The Morgan fingerprint density at radius 3 is 2.38 bits per heavy atom. The molecular formula is C22H39IN4O2. The van der Waals surface area contributed by atoms with Crippen molar-refractivity contribution in [2.75, 3.05) is 54.5 Å². The molecule has 0 unspecified atom stereocenters. The minimum absolute atomic E-state index is 0. The molecule has 1 saturated heterocycles. The van der Waals surface area contributed by atoms with Crippen LogP contribution >= 0.6 is 24.0 Å². The normalized spacial score (nSPS) is 15.6. The van der Waals surface area contributed by atoms with Gasteiger partial charge in [0.15, 0.2) is 17.5 Å². The largest absolute Gasteiger partial charge is 0.493 e. The zero-order chi connectivity index (χ0) is 20.5. The number of hydrogen-bond donors (Lipinski definition) is 1. The first-order valence-corrected chi connectivity index (χ1v) is 10.4. The van der Waals surface area contributed by atoms with Crippen molar-refractivity contribution in [3.05, 3.63) is 23.3 Å². The number of nitrogens with zero attached hydrogens (tertiary/aromatic N) is 3. The van der Waals surface area contributed by atoms with E-state index < -0.39 is 0 Å². The molecule has 1 aliphatic heterocycles. The zero-order valence-electron chi connectivity index (χ0n) is 19.0. The van der Waals surface area contributed by atoms with Crippen molar-refractivity contribution in [3.63, 3.8) is 0 Å². The van der Waals surface area contributed by atoms with Crippen LogP contribution < -0.4 is 14.8 Å². The van der Waals surface area contributed by atoms with Gasteiger partial charge in [-0.15, -0.1) is 24.0 Å². The molecule has 7 heteroatoms. The van der Waals surface area contributed by atoms with Crippen LogP contribution in [0.4, 0.5) is 0 Å². The Bertz CT molecular complexity index is 646. The van der Waals surface area contributed by atoms with Gasteiger partial charge in [-0.05, 0) is 75.0 Å². The van der Waals surface area contributed by atoms with Crippen molar-refractivity contribution >= 4 is 29.9 Å². The lowest BCUT2D eigenvalue weighted by molar-refractivity contribution is 0.187. The van der Waals surface area contributed by atoms with Crippen LogP contribution in [0.3, 0.4) is 0 Å². The minimum Gasteiger partial charge on any atom is -0.493 e. The highest BCUT2D eigenvalue weighted by Gasteiger charge is 2.18. The highest BCUT2D eigenvalue weighted by molar-refractivity contribution is 14.0. The average molecular weight is 518 g/mol. The topological polar surface area (TPSA) is 49.3 Å². The first-order valence-electron chi connectivity index (χ1n) is 10.4. The Labute approximate surface area is 194 Å². The molecule has 1 aromatic rings. The van der Waals surface area contributed by atoms with Gasteiger partial charge in [0, 0.05) is 27.2 Å². The number of aliphatic imine (C=N–C) groups is 1. The van der Waals surface area contributed by atoms with Crippen LogP contribution in [0.25, 0.3) is 0 Å². The van der Waals surface area contributed by atoms with Crippen molar-refractivity contribution in [1.82, 2.24) is 15.1 Å². The van der Waals surface area contributed by atoms with Gasteiger partial charge >= 0.3 is 0 Å². The summed E-state index contributed by atoms with van der Waals surface area (Å²) >= 11 is 0. The van der Waals surface area contributed by atoms with Crippen LogP contribution in [0.2, 0.25) is 0 Å². The van der Waals surface area contributed by atoms with Gasteiger partial charge in [-0.2, -0.15) is 0 Å². The van der Waals surface area contributed by atoms with Gasteiger partial charge in [0.05, 0.1) is 14.2 Å². The third kappa shape index (κ3) is 7.51.